The van der Waals surface area contributed by atoms with Crippen molar-refractivity contribution in [3.63, 3.8) is 0 Å². The molecule has 0 aromatic heterocycles. The maximum atomic E-state index is 13.5. The van der Waals surface area contributed by atoms with Gasteiger partial charge in [0, 0.05) is 27.4 Å². The molecule has 0 saturated carbocycles. The van der Waals surface area contributed by atoms with E-state index in [0.29, 0.717) is 15.7 Å². The van der Waals surface area contributed by atoms with Gasteiger partial charge in [0.2, 0.25) is 5.91 Å². The van der Waals surface area contributed by atoms with Crippen LogP contribution >= 0.6 is 34.8 Å². The minimum Gasteiger partial charge on any atom is -0.322 e. The van der Waals surface area contributed by atoms with Gasteiger partial charge in [0.15, 0.2) is 0 Å². The van der Waals surface area contributed by atoms with Crippen LogP contribution < -0.4 is 5.32 Å². The van der Waals surface area contributed by atoms with Gasteiger partial charge in [-0.3, -0.25) is 4.79 Å². The standard InChI is InChI=1S/C15H9Cl3FNO/c16-9-6-10(17)8-11(7-9)20-15(21)5-4-12-13(18)2-1-3-14(12)19/h1-8H,(H,20,21). The normalized spacial score (nSPS) is 10.9. The summed E-state index contributed by atoms with van der Waals surface area (Å²) in [5.41, 5.74) is 0.597. The SMILES string of the molecule is O=C(C=Cc1c(F)cccc1Cl)Nc1cc(Cl)cc(Cl)c1. The van der Waals surface area contributed by atoms with Crippen molar-refractivity contribution >= 4 is 52.5 Å². The van der Waals surface area contributed by atoms with E-state index < -0.39 is 11.7 Å². The number of amides is 1. The van der Waals surface area contributed by atoms with Gasteiger partial charge in [-0.05, 0) is 36.4 Å². The van der Waals surface area contributed by atoms with Gasteiger partial charge in [-0.1, -0.05) is 40.9 Å². The van der Waals surface area contributed by atoms with Crippen molar-refractivity contribution in [2.75, 3.05) is 5.32 Å². The Kier molecular flexibility index (Phi) is 5.23. The summed E-state index contributed by atoms with van der Waals surface area (Å²) in [4.78, 5) is 11.8. The van der Waals surface area contributed by atoms with Crippen LogP contribution in [0.2, 0.25) is 15.1 Å². The molecule has 0 saturated heterocycles. The molecule has 6 heteroatoms. The van der Waals surface area contributed by atoms with E-state index in [1.54, 1.807) is 24.3 Å². The highest BCUT2D eigenvalue weighted by atomic mass is 35.5. The highest BCUT2D eigenvalue weighted by Crippen LogP contribution is 2.23. The Morgan fingerprint density at radius 1 is 1.10 bits per heavy atom. The average Bonchev–Trinajstić information content (AvgIpc) is 2.36. The lowest BCUT2D eigenvalue weighted by molar-refractivity contribution is -0.111. The Morgan fingerprint density at radius 2 is 1.76 bits per heavy atom. The molecule has 2 aromatic rings. The first-order chi connectivity index (χ1) is 9.95. The number of halogens is 4. The monoisotopic (exact) mass is 343 g/mol. The zero-order valence-electron chi connectivity index (χ0n) is 10.5. The smallest absolute Gasteiger partial charge is 0.248 e. The molecular weight excluding hydrogens is 336 g/mol. The molecule has 2 nitrogen and oxygen atoms in total. The van der Waals surface area contributed by atoms with Gasteiger partial charge in [0.25, 0.3) is 0 Å². The van der Waals surface area contributed by atoms with Crippen LogP contribution in [0.15, 0.2) is 42.5 Å². The number of carbonyl (C=O) groups is 1. The van der Waals surface area contributed by atoms with Crippen molar-refractivity contribution < 1.29 is 9.18 Å². The van der Waals surface area contributed by atoms with Crippen molar-refractivity contribution in [1.29, 1.82) is 0 Å². The fraction of sp³-hybridized carbons (Fsp3) is 0. The molecule has 0 aliphatic carbocycles. The van der Waals surface area contributed by atoms with Gasteiger partial charge in [0.1, 0.15) is 5.82 Å². The Balaban J connectivity index is 2.13. The maximum Gasteiger partial charge on any atom is 0.248 e. The molecular formula is C15H9Cl3FNO. The van der Waals surface area contributed by atoms with Crippen molar-refractivity contribution in [2.45, 2.75) is 0 Å². The molecule has 0 aliphatic rings. The lowest BCUT2D eigenvalue weighted by atomic mass is 10.2. The second-order valence-electron chi connectivity index (χ2n) is 4.12. The van der Waals surface area contributed by atoms with Crippen LogP contribution in [0.3, 0.4) is 0 Å². The second-order valence-corrected chi connectivity index (χ2v) is 5.40. The number of anilines is 1. The van der Waals surface area contributed by atoms with Gasteiger partial charge in [-0.25, -0.2) is 4.39 Å². The van der Waals surface area contributed by atoms with E-state index in [9.17, 15) is 9.18 Å². The minimum atomic E-state index is -0.502. The highest BCUT2D eigenvalue weighted by Gasteiger charge is 2.05. The largest absolute Gasteiger partial charge is 0.322 e. The highest BCUT2D eigenvalue weighted by molar-refractivity contribution is 6.35. The first-order valence-electron chi connectivity index (χ1n) is 5.85. The first-order valence-corrected chi connectivity index (χ1v) is 6.98. The van der Waals surface area contributed by atoms with E-state index >= 15 is 0 Å². The summed E-state index contributed by atoms with van der Waals surface area (Å²) in [6.07, 6.45) is 2.48. The summed E-state index contributed by atoms with van der Waals surface area (Å²) < 4.78 is 13.5. The van der Waals surface area contributed by atoms with Crippen LogP contribution in [-0.2, 0) is 4.79 Å². The Morgan fingerprint density at radius 3 is 2.38 bits per heavy atom. The van der Waals surface area contributed by atoms with E-state index in [0.717, 1.165) is 0 Å². The third kappa shape index (κ3) is 4.46. The number of hydrogen-bond donors (Lipinski definition) is 1. The van der Waals surface area contributed by atoms with Crippen LogP contribution in [0.4, 0.5) is 10.1 Å². The van der Waals surface area contributed by atoms with E-state index in [1.165, 1.54) is 24.3 Å². The molecule has 0 spiro atoms. The molecule has 0 heterocycles. The van der Waals surface area contributed by atoms with Gasteiger partial charge < -0.3 is 5.32 Å². The zero-order chi connectivity index (χ0) is 15.4. The fourth-order valence-electron chi connectivity index (χ4n) is 1.64. The molecule has 0 atom stereocenters. The molecule has 2 rings (SSSR count). The summed E-state index contributed by atoms with van der Waals surface area (Å²) in [6, 6.07) is 8.94. The van der Waals surface area contributed by atoms with Crippen LogP contribution in [0.1, 0.15) is 5.56 Å². The van der Waals surface area contributed by atoms with E-state index in [-0.39, 0.29) is 10.6 Å². The number of carbonyl (C=O) groups excluding carboxylic acids is 1. The van der Waals surface area contributed by atoms with Crippen LogP contribution in [0.25, 0.3) is 6.08 Å². The third-order valence-corrected chi connectivity index (χ3v) is 3.30. The molecule has 21 heavy (non-hydrogen) atoms. The second kappa shape index (κ2) is 6.94. The Labute approximate surface area is 136 Å². The summed E-state index contributed by atoms with van der Waals surface area (Å²) >= 11 is 17.5. The van der Waals surface area contributed by atoms with E-state index in [4.69, 9.17) is 34.8 Å². The minimum absolute atomic E-state index is 0.151. The van der Waals surface area contributed by atoms with Crippen LogP contribution in [0.5, 0.6) is 0 Å². The number of nitrogens with one attached hydrogen (secondary N) is 1. The topological polar surface area (TPSA) is 29.1 Å². The first kappa shape index (κ1) is 15.8. The van der Waals surface area contributed by atoms with Crippen molar-refractivity contribution in [3.8, 4) is 0 Å². The predicted octanol–water partition coefficient (Wildman–Crippen LogP) is 5.44. The van der Waals surface area contributed by atoms with Crippen molar-refractivity contribution in [3.05, 3.63) is 68.9 Å². The Bertz CT molecular complexity index is 676. The molecule has 1 N–H and O–H groups in total. The van der Waals surface area contributed by atoms with E-state index in [1.807, 2.05) is 0 Å². The van der Waals surface area contributed by atoms with Crippen molar-refractivity contribution in [2.24, 2.45) is 0 Å². The van der Waals surface area contributed by atoms with Gasteiger partial charge in [-0.15, -0.1) is 0 Å². The number of hydrogen-bond acceptors (Lipinski definition) is 1. The predicted molar refractivity (Wildman–Crippen MR) is 85.5 cm³/mol. The summed E-state index contributed by atoms with van der Waals surface area (Å²) in [5.74, 6) is -0.954. The lowest BCUT2D eigenvalue weighted by Crippen LogP contribution is -2.07. The molecule has 1 amide bonds. The third-order valence-electron chi connectivity index (χ3n) is 2.53. The summed E-state index contributed by atoms with van der Waals surface area (Å²) in [6.45, 7) is 0. The maximum absolute atomic E-state index is 13.5. The Hall–Kier alpha value is -1.55. The summed E-state index contributed by atoms with van der Waals surface area (Å²) in [7, 11) is 0. The quantitative estimate of drug-likeness (QED) is 0.738. The van der Waals surface area contributed by atoms with Crippen LogP contribution in [-0.4, -0.2) is 5.91 Å². The van der Waals surface area contributed by atoms with Crippen LogP contribution in [0, 0.1) is 5.82 Å². The van der Waals surface area contributed by atoms with E-state index in [2.05, 4.69) is 5.32 Å². The molecule has 108 valence electrons. The van der Waals surface area contributed by atoms with Gasteiger partial charge >= 0.3 is 0 Å². The molecule has 0 aliphatic heterocycles. The molecule has 0 radical (unpaired) electrons. The number of benzene rings is 2. The fourth-order valence-corrected chi connectivity index (χ4v) is 2.39. The van der Waals surface area contributed by atoms with Crippen molar-refractivity contribution in [1.82, 2.24) is 0 Å². The average molecular weight is 345 g/mol. The lowest BCUT2D eigenvalue weighted by Gasteiger charge is -2.04. The van der Waals surface area contributed by atoms with Gasteiger partial charge in [-0.2, -0.15) is 0 Å². The number of rotatable bonds is 3. The van der Waals surface area contributed by atoms with Gasteiger partial charge in [0.05, 0.1) is 5.02 Å². The summed E-state index contributed by atoms with van der Waals surface area (Å²) in [5, 5.41) is 3.60. The zero-order valence-corrected chi connectivity index (χ0v) is 12.8. The molecule has 0 bridgehead atoms. The molecule has 0 unspecified atom stereocenters. The molecule has 2 aromatic carbocycles. The molecule has 0 fully saturated rings.